The average molecular weight is 499 g/mol. The summed E-state index contributed by atoms with van der Waals surface area (Å²) < 4.78 is 1.72. The van der Waals surface area contributed by atoms with Crippen LogP contribution in [-0.2, 0) is 13.1 Å². The van der Waals surface area contributed by atoms with Crippen molar-refractivity contribution in [3.8, 4) is 0 Å². The molecular formula is C28H26N4O3S. The van der Waals surface area contributed by atoms with E-state index in [1.54, 1.807) is 28.9 Å². The molecule has 36 heavy (non-hydrogen) atoms. The second kappa shape index (κ2) is 9.04. The first-order valence-corrected chi connectivity index (χ1v) is 13.0. The van der Waals surface area contributed by atoms with E-state index in [4.69, 9.17) is 0 Å². The van der Waals surface area contributed by atoms with Crippen molar-refractivity contribution in [2.24, 2.45) is 0 Å². The van der Waals surface area contributed by atoms with Crippen LogP contribution in [-0.4, -0.2) is 58.3 Å². The minimum absolute atomic E-state index is 0.00691. The molecule has 1 fully saturated rings. The zero-order chi connectivity index (χ0) is 24.8. The fourth-order valence-electron chi connectivity index (χ4n) is 5.31. The predicted octanol–water partition coefficient (Wildman–Crippen LogP) is 4.48. The van der Waals surface area contributed by atoms with Gasteiger partial charge in [0.05, 0.1) is 28.9 Å². The molecule has 6 rings (SSSR count). The highest BCUT2D eigenvalue weighted by Crippen LogP contribution is 2.33. The van der Waals surface area contributed by atoms with Gasteiger partial charge in [0.15, 0.2) is 0 Å². The molecule has 0 unspecified atom stereocenters. The Hall–Kier alpha value is -3.75. The summed E-state index contributed by atoms with van der Waals surface area (Å²) in [6.45, 7) is 5.81. The number of aromatic nitrogens is 1. The van der Waals surface area contributed by atoms with Crippen molar-refractivity contribution >= 4 is 45.6 Å². The van der Waals surface area contributed by atoms with Gasteiger partial charge >= 0.3 is 0 Å². The number of hydrogen-bond acceptors (Lipinski definition) is 6. The number of fused-ring (bicyclic) bond motifs is 2. The predicted molar refractivity (Wildman–Crippen MR) is 141 cm³/mol. The number of amides is 2. The van der Waals surface area contributed by atoms with Crippen LogP contribution in [0.3, 0.4) is 0 Å². The van der Waals surface area contributed by atoms with Gasteiger partial charge in [-0.15, -0.1) is 0 Å². The lowest BCUT2D eigenvalue weighted by atomic mass is 10.1. The third-order valence-electron chi connectivity index (χ3n) is 7.14. The monoisotopic (exact) mass is 498 g/mol. The molecular weight excluding hydrogens is 472 g/mol. The van der Waals surface area contributed by atoms with E-state index >= 15 is 0 Å². The molecule has 2 aliphatic rings. The summed E-state index contributed by atoms with van der Waals surface area (Å²) >= 11 is 1.56. The van der Waals surface area contributed by atoms with Crippen LogP contribution in [0.1, 0.15) is 43.6 Å². The van der Waals surface area contributed by atoms with Gasteiger partial charge in [-0.25, -0.2) is 0 Å². The van der Waals surface area contributed by atoms with Crippen LogP contribution in [0.4, 0.5) is 5.69 Å². The van der Waals surface area contributed by atoms with E-state index in [1.807, 2.05) is 53.4 Å². The standard InChI is InChI=1S/C28H26N4O3S/c1-19(33)31-17-21(22-5-2-3-7-24(22)31)16-29-10-12-30(13-11-29)25-8-4-6-23-26(25)28(35)32(27(23)34)15-20-9-14-36-18-20/h2-9,14,17-18H,10-13,15-16H2,1H3. The number of carbonyl (C=O) groups excluding carboxylic acids is 3. The van der Waals surface area contributed by atoms with Crippen molar-refractivity contribution in [2.75, 3.05) is 31.1 Å². The van der Waals surface area contributed by atoms with Gasteiger partial charge in [0, 0.05) is 51.2 Å². The zero-order valence-electron chi connectivity index (χ0n) is 20.0. The Bertz CT molecular complexity index is 1480. The first-order chi connectivity index (χ1) is 17.5. The van der Waals surface area contributed by atoms with E-state index in [2.05, 4.69) is 15.9 Å². The maximum atomic E-state index is 13.3. The fourth-order valence-corrected chi connectivity index (χ4v) is 5.97. The van der Waals surface area contributed by atoms with Crippen molar-refractivity contribution < 1.29 is 14.4 Å². The largest absolute Gasteiger partial charge is 0.368 e. The third kappa shape index (κ3) is 3.83. The molecule has 0 bridgehead atoms. The van der Waals surface area contributed by atoms with E-state index < -0.39 is 0 Å². The molecule has 1 saturated heterocycles. The van der Waals surface area contributed by atoms with Crippen LogP contribution in [0.25, 0.3) is 10.9 Å². The van der Waals surface area contributed by atoms with Crippen LogP contribution >= 0.6 is 11.3 Å². The molecule has 4 heterocycles. The Kier molecular flexibility index (Phi) is 5.70. The van der Waals surface area contributed by atoms with E-state index in [9.17, 15) is 14.4 Å². The molecule has 0 N–H and O–H groups in total. The summed E-state index contributed by atoms with van der Waals surface area (Å²) in [5.74, 6) is -0.424. The molecule has 2 aromatic heterocycles. The Labute approximate surface area is 213 Å². The van der Waals surface area contributed by atoms with Gasteiger partial charge in [-0.2, -0.15) is 11.3 Å². The molecule has 2 amide bonds. The number of carbonyl (C=O) groups is 3. The van der Waals surface area contributed by atoms with Gasteiger partial charge in [0.25, 0.3) is 11.8 Å². The summed E-state index contributed by atoms with van der Waals surface area (Å²) in [7, 11) is 0. The molecule has 2 aliphatic heterocycles. The molecule has 0 aliphatic carbocycles. The lowest BCUT2D eigenvalue weighted by Crippen LogP contribution is -2.46. The van der Waals surface area contributed by atoms with E-state index in [0.29, 0.717) is 17.7 Å². The van der Waals surface area contributed by atoms with Crippen molar-refractivity contribution in [1.82, 2.24) is 14.4 Å². The number of imide groups is 1. The quantitative estimate of drug-likeness (QED) is 0.380. The molecule has 8 heteroatoms. The van der Waals surface area contributed by atoms with Gasteiger partial charge < -0.3 is 4.90 Å². The normalized spacial score (nSPS) is 16.2. The van der Waals surface area contributed by atoms with Crippen LogP contribution < -0.4 is 4.90 Å². The Morgan fingerprint density at radius 3 is 2.47 bits per heavy atom. The summed E-state index contributed by atoms with van der Waals surface area (Å²) in [5.41, 5.74) is 4.90. The molecule has 7 nitrogen and oxygen atoms in total. The van der Waals surface area contributed by atoms with E-state index in [1.165, 1.54) is 4.90 Å². The Morgan fingerprint density at radius 1 is 0.917 bits per heavy atom. The summed E-state index contributed by atoms with van der Waals surface area (Å²) in [6, 6.07) is 15.5. The number of para-hydroxylation sites is 1. The van der Waals surface area contributed by atoms with Gasteiger partial charge in [0.2, 0.25) is 5.91 Å². The lowest BCUT2D eigenvalue weighted by Gasteiger charge is -2.36. The maximum Gasteiger partial charge on any atom is 0.263 e. The first kappa shape index (κ1) is 22.7. The average Bonchev–Trinajstić information content (AvgIpc) is 3.60. The van der Waals surface area contributed by atoms with Crippen molar-refractivity contribution in [3.63, 3.8) is 0 Å². The first-order valence-electron chi connectivity index (χ1n) is 12.1. The number of piperazine rings is 1. The Morgan fingerprint density at radius 2 is 1.72 bits per heavy atom. The highest BCUT2D eigenvalue weighted by atomic mass is 32.1. The van der Waals surface area contributed by atoms with Crippen molar-refractivity contribution in [1.29, 1.82) is 0 Å². The molecule has 2 aromatic carbocycles. The summed E-state index contributed by atoms with van der Waals surface area (Å²) in [6.07, 6.45) is 1.95. The smallest absolute Gasteiger partial charge is 0.263 e. The Balaban J connectivity index is 1.19. The molecule has 0 atom stereocenters. The highest BCUT2D eigenvalue weighted by Gasteiger charge is 2.38. The van der Waals surface area contributed by atoms with Gasteiger partial charge in [-0.1, -0.05) is 24.3 Å². The van der Waals surface area contributed by atoms with E-state index in [-0.39, 0.29) is 17.7 Å². The zero-order valence-corrected chi connectivity index (χ0v) is 20.8. The molecule has 182 valence electrons. The molecule has 0 radical (unpaired) electrons. The fraction of sp³-hybridized carbons (Fsp3) is 0.250. The van der Waals surface area contributed by atoms with Crippen LogP contribution in [0.15, 0.2) is 65.5 Å². The van der Waals surface area contributed by atoms with E-state index in [0.717, 1.165) is 60.4 Å². The minimum atomic E-state index is -0.219. The third-order valence-corrected chi connectivity index (χ3v) is 7.87. The number of anilines is 1. The van der Waals surface area contributed by atoms with Crippen molar-refractivity contribution in [3.05, 3.63) is 87.7 Å². The number of hydrogen-bond donors (Lipinski definition) is 0. The highest BCUT2D eigenvalue weighted by molar-refractivity contribution is 7.07. The number of rotatable bonds is 5. The van der Waals surface area contributed by atoms with Gasteiger partial charge in [-0.3, -0.25) is 28.8 Å². The minimum Gasteiger partial charge on any atom is -0.368 e. The lowest BCUT2D eigenvalue weighted by molar-refractivity contribution is 0.0642. The number of thiophene rings is 1. The summed E-state index contributed by atoms with van der Waals surface area (Å²) in [5, 5.41) is 5.03. The van der Waals surface area contributed by atoms with Crippen LogP contribution in [0, 0.1) is 0 Å². The van der Waals surface area contributed by atoms with Crippen LogP contribution in [0.5, 0.6) is 0 Å². The van der Waals surface area contributed by atoms with Gasteiger partial charge in [0.1, 0.15) is 0 Å². The second-order valence-corrected chi connectivity index (χ2v) is 10.1. The summed E-state index contributed by atoms with van der Waals surface area (Å²) in [4.78, 5) is 44.4. The number of benzene rings is 2. The van der Waals surface area contributed by atoms with Crippen molar-refractivity contribution in [2.45, 2.75) is 20.0 Å². The molecule has 0 spiro atoms. The van der Waals surface area contributed by atoms with Crippen LogP contribution in [0.2, 0.25) is 0 Å². The number of nitrogens with zero attached hydrogens (tertiary/aromatic N) is 4. The molecule has 0 saturated carbocycles. The SMILES string of the molecule is CC(=O)n1cc(CN2CCN(c3cccc4c3C(=O)N(Cc3ccsc3)C4=O)CC2)c2ccccc21. The van der Waals surface area contributed by atoms with Gasteiger partial charge in [-0.05, 0) is 46.2 Å². The topological polar surface area (TPSA) is 65.9 Å². The second-order valence-electron chi connectivity index (χ2n) is 9.35. The maximum absolute atomic E-state index is 13.3. The molecule has 4 aromatic rings.